The van der Waals surface area contributed by atoms with Crippen LogP contribution in [-0.2, 0) is 17.1 Å². The number of hydrogen-bond acceptors (Lipinski definition) is 3. The van der Waals surface area contributed by atoms with Crippen LogP contribution in [0.2, 0.25) is 0 Å². The summed E-state index contributed by atoms with van der Waals surface area (Å²) in [5.74, 6) is 2.31. The van der Waals surface area contributed by atoms with E-state index in [2.05, 4.69) is 38.9 Å². The van der Waals surface area contributed by atoms with Crippen LogP contribution in [0, 0.1) is 20.8 Å². The van der Waals surface area contributed by atoms with Crippen LogP contribution in [0.15, 0.2) is 72.8 Å². The molecule has 134 valence electrons. The standard InChI is InChI=1S/3C7H8O.Hf.HI/c3*1-6-2-4-7(8)5-3-6;;/h3*2-5,8H,1H3;;1H/q;;;+4;/p-4. The molecule has 0 bridgehead atoms. The van der Waals surface area contributed by atoms with E-state index < -0.39 is 17.1 Å². The SMILES string of the molecule is Cc1ccc([O][Hf]([I])([O]c2ccc(C)cc2)[O]c2ccc(C)cc2)cc1. The fraction of sp³-hybridized carbons (Fsp3) is 0.143. The topological polar surface area (TPSA) is 27.7 Å². The molecule has 3 aromatic rings. The van der Waals surface area contributed by atoms with E-state index in [4.69, 9.17) is 8.56 Å². The zero-order chi connectivity index (χ0) is 18.6. The second-order valence-electron chi connectivity index (χ2n) is 6.23. The van der Waals surface area contributed by atoms with Crippen LogP contribution in [0.3, 0.4) is 0 Å². The Morgan fingerprint density at radius 2 is 0.731 bits per heavy atom. The molecule has 0 amide bonds. The van der Waals surface area contributed by atoms with E-state index in [0.717, 1.165) is 17.2 Å². The van der Waals surface area contributed by atoms with Gasteiger partial charge in [-0.3, -0.25) is 0 Å². The molecule has 0 unspecified atom stereocenters. The molecule has 0 aliphatic rings. The molecule has 0 saturated carbocycles. The Kier molecular flexibility index (Phi) is 6.40. The van der Waals surface area contributed by atoms with Gasteiger partial charge in [-0.25, -0.2) is 0 Å². The van der Waals surface area contributed by atoms with E-state index >= 15 is 0 Å². The molecule has 3 nitrogen and oxygen atoms in total. The van der Waals surface area contributed by atoms with Gasteiger partial charge in [0.05, 0.1) is 0 Å². The summed E-state index contributed by atoms with van der Waals surface area (Å²) < 4.78 is 18.9. The van der Waals surface area contributed by atoms with Crippen molar-refractivity contribution in [2.24, 2.45) is 0 Å². The quantitative estimate of drug-likeness (QED) is 0.234. The van der Waals surface area contributed by atoms with Crippen molar-refractivity contribution in [3.05, 3.63) is 89.5 Å². The second kappa shape index (κ2) is 8.57. The van der Waals surface area contributed by atoms with E-state index in [-0.39, 0.29) is 0 Å². The van der Waals surface area contributed by atoms with E-state index in [1.54, 1.807) is 0 Å². The van der Waals surface area contributed by atoms with Gasteiger partial charge in [0, 0.05) is 0 Å². The van der Waals surface area contributed by atoms with Crippen molar-refractivity contribution >= 4 is 18.1 Å². The van der Waals surface area contributed by atoms with Gasteiger partial charge in [-0.05, 0) is 0 Å². The molecule has 0 saturated heterocycles. The number of benzene rings is 3. The van der Waals surface area contributed by atoms with Crippen molar-refractivity contribution in [3.8, 4) is 17.2 Å². The maximum atomic E-state index is 6.29. The minimum absolute atomic E-state index is 0.769. The van der Waals surface area contributed by atoms with Crippen molar-refractivity contribution in [1.82, 2.24) is 0 Å². The van der Waals surface area contributed by atoms with Gasteiger partial charge < -0.3 is 0 Å². The monoisotopic (exact) mass is 628 g/mol. The molecule has 0 radical (unpaired) electrons. The van der Waals surface area contributed by atoms with Crippen LogP contribution in [0.25, 0.3) is 0 Å². The summed E-state index contributed by atoms with van der Waals surface area (Å²) in [6.45, 7) is 6.16. The van der Waals surface area contributed by atoms with E-state index in [1.807, 2.05) is 72.8 Å². The van der Waals surface area contributed by atoms with Crippen LogP contribution < -0.4 is 8.56 Å². The van der Waals surface area contributed by atoms with Gasteiger partial charge in [0.15, 0.2) is 0 Å². The summed E-state index contributed by atoms with van der Waals surface area (Å²) in [6.07, 6.45) is 0. The molecule has 0 aromatic heterocycles. The summed E-state index contributed by atoms with van der Waals surface area (Å²) >= 11 is -1.82. The molecule has 3 rings (SSSR count). The van der Waals surface area contributed by atoms with Crippen molar-refractivity contribution in [2.75, 3.05) is 0 Å². The average Bonchev–Trinajstić information content (AvgIpc) is 2.61. The van der Waals surface area contributed by atoms with Gasteiger partial charge in [0.1, 0.15) is 0 Å². The van der Waals surface area contributed by atoms with E-state index in [1.165, 1.54) is 16.7 Å². The minimum atomic E-state index is -4.09. The van der Waals surface area contributed by atoms with Crippen LogP contribution in [0.5, 0.6) is 17.2 Å². The maximum absolute atomic E-state index is 6.29. The van der Waals surface area contributed by atoms with Gasteiger partial charge in [-0.1, -0.05) is 0 Å². The number of halogens is 1. The van der Waals surface area contributed by atoms with Crippen molar-refractivity contribution in [2.45, 2.75) is 20.8 Å². The first-order valence-electron chi connectivity index (χ1n) is 8.38. The molecule has 0 aliphatic carbocycles. The van der Waals surface area contributed by atoms with Crippen molar-refractivity contribution in [3.63, 3.8) is 0 Å². The molecular formula is C21H21HfIO3. The van der Waals surface area contributed by atoms with E-state index in [9.17, 15) is 0 Å². The molecule has 5 heteroatoms. The van der Waals surface area contributed by atoms with Crippen LogP contribution >= 0.6 is 18.1 Å². The Hall–Kier alpha value is -1.34. The number of rotatable bonds is 6. The Morgan fingerprint density at radius 3 is 0.962 bits per heavy atom. The Morgan fingerprint density at radius 1 is 0.500 bits per heavy atom. The average molecular weight is 627 g/mol. The summed E-state index contributed by atoms with van der Waals surface area (Å²) in [7, 11) is 0. The third kappa shape index (κ3) is 5.58. The van der Waals surface area contributed by atoms with Gasteiger partial charge in [-0.2, -0.15) is 0 Å². The van der Waals surface area contributed by atoms with Gasteiger partial charge in [0.25, 0.3) is 0 Å². The third-order valence-corrected chi connectivity index (χ3v) is 14.4. The van der Waals surface area contributed by atoms with Crippen LogP contribution in [0.4, 0.5) is 0 Å². The van der Waals surface area contributed by atoms with Gasteiger partial charge in [-0.15, -0.1) is 0 Å². The predicted octanol–water partition coefficient (Wildman–Crippen LogP) is 6.40. The Balaban J connectivity index is 1.86. The molecule has 0 fully saturated rings. The second-order valence-corrected chi connectivity index (χ2v) is 22.7. The van der Waals surface area contributed by atoms with Crippen molar-refractivity contribution < 1.29 is 25.7 Å². The molecular weight excluding hydrogens is 606 g/mol. The Labute approximate surface area is 170 Å². The molecule has 0 N–H and O–H groups in total. The van der Waals surface area contributed by atoms with Gasteiger partial charge in [0.2, 0.25) is 0 Å². The van der Waals surface area contributed by atoms with Crippen LogP contribution in [0.1, 0.15) is 16.7 Å². The molecule has 0 spiro atoms. The fourth-order valence-electron chi connectivity index (χ4n) is 2.30. The molecule has 0 atom stereocenters. The first-order valence-corrected chi connectivity index (χ1v) is 23.0. The first kappa shape index (κ1) is 19.4. The molecule has 3 aromatic carbocycles. The summed E-state index contributed by atoms with van der Waals surface area (Å²) in [4.78, 5) is 0. The molecule has 0 heterocycles. The number of aryl methyl sites for hydroxylation is 3. The first-order chi connectivity index (χ1) is 12.4. The Bertz CT molecular complexity index is 730. The fourth-order valence-corrected chi connectivity index (χ4v) is 13.5. The normalized spacial score (nSPS) is 11.1. The summed E-state index contributed by atoms with van der Waals surface area (Å²) in [6, 6.07) is 23.9. The van der Waals surface area contributed by atoms with Crippen LogP contribution in [-0.4, -0.2) is 0 Å². The molecule has 0 aliphatic heterocycles. The van der Waals surface area contributed by atoms with Gasteiger partial charge >= 0.3 is 171 Å². The predicted molar refractivity (Wildman–Crippen MR) is 109 cm³/mol. The zero-order valence-electron chi connectivity index (χ0n) is 15.0. The molecule has 26 heavy (non-hydrogen) atoms. The number of hydrogen-bond donors (Lipinski definition) is 0. The van der Waals surface area contributed by atoms with Crippen molar-refractivity contribution in [1.29, 1.82) is 0 Å². The summed E-state index contributed by atoms with van der Waals surface area (Å²) in [5.41, 5.74) is 3.56. The zero-order valence-corrected chi connectivity index (χ0v) is 20.8. The third-order valence-electron chi connectivity index (χ3n) is 3.78. The summed E-state index contributed by atoms with van der Waals surface area (Å²) in [5, 5.41) is 0. The van der Waals surface area contributed by atoms with E-state index in [0.29, 0.717) is 0 Å².